The molecule has 0 saturated heterocycles. The predicted molar refractivity (Wildman–Crippen MR) is 94.4 cm³/mol. The molecule has 0 radical (unpaired) electrons. The molecule has 3 heterocycles. The first-order valence-electron chi connectivity index (χ1n) is 7.29. The van der Waals surface area contributed by atoms with E-state index in [2.05, 4.69) is 47.5 Å². The number of hydrogen-bond acceptors (Lipinski definition) is 5. The number of hydrogen-bond donors (Lipinski definition) is 1. The minimum atomic E-state index is 0.338. The number of aromatic nitrogens is 2. The molecule has 0 aromatic carbocycles. The maximum atomic E-state index is 4.67. The van der Waals surface area contributed by atoms with Gasteiger partial charge in [0.15, 0.2) is 0 Å². The molecule has 0 spiro atoms. The highest BCUT2D eigenvalue weighted by atomic mass is 32.1. The lowest BCUT2D eigenvalue weighted by molar-refractivity contribution is 0.568. The zero-order chi connectivity index (χ0) is 15.5. The second-order valence-electron chi connectivity index (χ2n) is 5.33. The molecular formula is C17H19N3S2. The van der Waals surface area contributed by atoms with Gasteiger partial charge in [0.25, 0.3) is 0 Å². The van der Waals surface area contributed by atoms with Gasteiger partial charge < -0.3 is 5.32 Å². The van der Waals surface area contributed by atoms with Crippen LogP contribution in [0.15, 0.2) is 35.8 Å². The van der Waals surface area contributed by atoms with Crippen LogP contribution >= 0.6 is 22.7 Å². The zero-order valence-corrected chi connectivity index (χ0v) is 14.6. The van der Waals surface area contributed by atoms with Crippen LogP contribution in [0.25, 0.3) is 10.7 Å². The molecule has 22 heavy (non-hydrogen) atoms. The van der Waals surface area contributed by atoms with Gasteiger partial charge in [-0.2, -0.15) is 0 Å². The van der Waals surface area contributed by atoms with E-state index in [9.17, 15) is 0 Å². The molecule has 0 saturated carbocycles. The summed E-state index contributed by atoms with van der Waals surface area (Å²) in [7, 11) is 0. The smallest absolute Gasteiger partial charge is 0.142 e. The van der Waals surface area contributed by atoms with E-state index in [-0.39, 0.29) is 0 Å². The summed E-state index contributed by atoms with van der Waals surface area (Å²) in [5, 5.41) is 6.65. The van der Waals surface area contributed by atoms with Gasteiger partial charge in [-0.1, -0.05) is 6.07 Å². The van der Waals surface area contributed by atoms with Crippen LogP contribution in [0, 0.1) is 13.8 Å². The fraction of sp³-hybridized carbons (Fsp3) is 0.294. The van der Waals surface area contributed by atoms with Gasteiger partial charge in [0.05, 0.1) is 11.4 Å². The number of nitrogens with one attached hydrogen (secondary N) is 1. The van der Waals surface area contributed by atoms with Gasteiger partial charge in [-0.25, -0.2) is 4.98 Å². The highest BCUT2D eigenvalue weighted by molar-refractivity contribution is 7.13. The Morgan fingerprint density at radius 2 is 2.14 bits per heavy atom. The number of thiophene rings is 1. The molecule has 3 nitrogen and oxygen atoms in total. The molecule has 1 atom stereocenters. The molecule has 1 N–H and O–H groups in total. The molecule has 0 aliphatic heterocycles. The van der Waals surface area contributed by atoms with Crippen LogP contribution in [0.1, 0.15) is 34.0 Å². The van der Waals surface area contributed by atoms with Gasteiger partial charge in [-0.15, -0.1) is 22.7 Å². The lowest BCUT2D eigenvalue weighted by Gasteiger charge is -2.12. The molecule has 3 aromatic heterocycles. The molecule has 0 fully saturated rings. The number of thiazole rings is 1. The average Bonchev–Trinajstić information content (AvgIpc) is 3.12. The van der Waals surface area contributed by atoms with Crippen molar-refractivity contribution >= 4 is 22.7 Å². The third kappa shape index (κ3) is 3.43. The molecular weight excluding hydrogens is 310 g/mol. The van der Waals surface area contributed by atoms with E-state index in [0.29, 0.717) is 6.04 Å². The monoisotopic (exact) mass is 329 g/mol. The van der Waals surface area contributed by atoms with Crippen LogP contribution in [0.5, 0.6) is 0 Å². The Balaban J connectivity index is 1.65. The van der Waals surface area contributed by atoms with Gasteiger partial charge >= 0.3 is 0 Å². The number of pyridine rings is 1. The van der Waals surface area contributed by atoms with Crippen molar-refractivity contribution in [2.24, 2.45) is 0 Å². The second kappa shape index (κ2) is 6.69. The first-order chi connectivity index (χ1) is 10.6. The summed E-state index contributed by atoms with van der Waals surface area (Å²) in [6.07, 6.45) is 1.80. The Morgan fingerprint density at radius 3 is 2.82 bits per heavy atom. The highest BCUT2D eigenvalue weighted by Crippen LogP contribution is 2.27. The van der Waals surface area contributed by atoms with Crippen molar-refractivity contribution in [3.63, 3.8) is 0 Å². The van der Waals surface area contributed by atoms with Gasteiger partial charge in [0.2, 0.25) is 0 Å². The van der Waals surface area contributed by atoms with Crippen LogP contribution in [0.3, 0.4) is 0 Å². The van der Waals surface area contributed by atoms with E-state index in [1.807, 2.05) is 29.5 Å². The van der Waals surface area contributed by atoms with Gasteiger partial charge in [0.1, 0.15) is 5.01 Å². The van der Waals surface area contributed by atoms with Crippen LogP contribution < -0.4 is 5.32 Å². The predicted octanol–water partition coefficient (Wildman–Crippen LogP) is 4.73. The van der Waals surface area contributed by atoms with Crippen molar-refractivity contribution in [3.05, 3.63) is 56.9 Å². The fourth-order valence-corrected chi connectivity index (χ4v) is 4.26. The lowest BCUT2D eigenvalue weighted by Crippen LogP contribution is -2.18. The van der Waals surface area contributed by atoms with Crippen LogP contribution in [0.2, 0.25) is 0 Å². The minimum absolute atomic E-state index is 0.338. The van der Waals surface area contributed by atoms with Crippen molar-refractivity contribution < 1.29 is 0 Å². The summed E-state index contributed by atoms with van der Waals surface area (Å²) in [6.45, 7) is 7.33. The summed E-state index contributed by atoms with van der Waals surface area (Å²) >= 11 is 3.50. The first kappa shape index (κ1) is 15.3. The minimum Gasteiger partial charge on any atom is -0.304 e. The van der Waals surface area contributed by atoms with Gasteiger partial charge in [0, 0.05) is 33.9 Å². The zero-order valence-electron chi connectivity index (χ0n) is 13.0. The van der Waals surface area contributed by atoms with E-state index >= 15 is 0 Å². The number of nitrogens with zero attached hydrogens (tertiary/aromatic N) is 2. The third-order valence-electron chi connectivity index (χ3n) is 3.57. The van der Waals surface area contributed by atoms with Crippen molar-refractivity contribution in [2.45, 2.75) is 33.4 Å². The molecule has 0 aliphatic rings. The SMILES string of the molecule is Cc1cc([C@H](C)NCc2csc(-c3ccccn3)n2)c(C)s1. The Bertz CT molecular complexity index is 746. The van der Waals surface area contributed by atoms with E-state index in [1.54, 1.807) is 17.5 Å². The fourth-order valence-electron chi connectivity index (χ4n) is 2.44. The first-order valence-corrected chi connectivity index (χ1v) is 8.99. The maximum absolute atomic E-state index is 4.67. The normalized spacial score (nSPS) is 12.5. The number of rotatable bonds is 5. The average molecular weight is 329 g/mol. The highest BCUT2D eigenvalue weighted by Gasteiger charge is 2.12. The summed E-state index contributed by atoms with van der Waals surface area (Å²) in [4.78, 5) is 11.8. The van der Waals surface area contributed by atoms with Gasteiger partial charge in [-0.3, -0.25) is 4.98 Å². The molecule has 0 unspecified atom stereocenters. The summed E-state index contributed by atoms with van der Waals surface area (Å²) in [5.74, 6) is 0. The molecule has 0 bridgehead atoms. The Kier molecular flexibility index (Phi) is 4.66. The maximum Gasteiger partial charge on any atom is 0.142 e. The topological polar surface area (TPSA) is 37.8 Å². The largest absolute Gasteiger partial charge is 0.304 e. The van der Waals surface area contributed by atoms with Crippen molar-refractivity contribution in [3.8, 4) is 10.7 Å². The Hall–Kier alpha value is -1.56. The molecule has 3 rings (SSSR count). The van der Waals surface area contributed by atoms with E-state index in [1.165, 1.54) is 15.3 Å². The second-order valence-corrected chi connectivity index (χ2v) is 7.65. The van der Waals surface area contributed by atoms with Crippen molar-refractivity contribution in [2.75, 3.05) is 0 Å². The molecule has 114 valence electrons. The Labute approximate surface area is 139 Å². The number of aryl methyl sites for hydroxylation is 2. The van der Waals surface area contributed by atoms with Crippen LogP contribution in [-0.2, 0) is 6.54 Å². The van der Waals surface area contributed by atoms with E-state index < -0.39 is 0 Å². The van der Waals surface area contributed by atoms with Crippen molar-refractivity contribution in [1.82, 2.24) is 15.3 Å². The van der Waals surface area contributed by atoms with Gasteiger partial charge in [-0.05, 0) is 44.5 Å². The van der Waals surface area contributed by atoms with E-state index in [4.69, 9.17) is 0 Å². The lowest BCUT2D eigenvalue weighted by atomic mass is 10.1. The molecule has 0 aliphatic carbocycles. The molecule has 0 amide bonds. The summed E-state index contributed by atoms with van der Waals surface area (Å²) < 4.78 is 0. The quantitative estimate of drug-likeness (QED) is 0.735. The summed E-state index contributed by atoms with van der Waals surface area (Å²) in [5.41, 5.74) is 3.40. The molecule has 5 heteroatoms. The Morgan fingerprint density at radius 1 is 1.27 bits per heavy atom. The van der Waals surface area contributed by atoms with E-state index in [0.717, 1.165) is 22.9 Å². The third-order valence-corrected chi connectivity index (χ3v) is 5.47. The standard InChI is InChI=1S/C17H19N3S2/c1-11-8-15(13(3)22-11)12(2)19-9-14-10-21-17(20-14)16-6-4-5-7-18-16/h4-8,10,12,19H,9H2,1-3H3/t12-/m0/s1. The van der Waals surface area contributed by atoms with Crippen LogP contribution in [0.4, 0.5) is 0 Å². The molecule has 3 aromatic rings. The summed E-state index contributed by atoms with van der Waals surface area (Å²) in [6, 6.07) is 8.52. The van der Waals surface area contributed by atoms with Crippen LogP contribution in [-0.4, -0.2) is 9.97 Å². The van der Waals surface area contributed by atoms with Crippen molar-refractivity contribution in [1.29, 1.82) is 0 Å².